The van der Waals surface area contributed by atoms with Gasteiger partial charge >= 0.3 is 0 Å². The van der Waals surface area contributed by atoms with Crippen molar-refractivity contribution >= 4 is 27.5 Å². The summed E-state index contributed by atoms with van der Waals surface area (Å²) in [7, 11) is 1.61. The van der Waals surface area contributed by atoms with E-state index in [9.17, 15) is 4.79 Å². The van der Waals surface area contributed by atoms with Crippen molar-refractivity contribution in [1.29, 1.82) is 0 Å². The lowest BCUT2D eigenvalue weighted by molar-refractivity contribution is 0.0998. The van der Waals surface area contributed by atoms with E-state index in [0.717, 1.165) is 35.2 Å². The average molecular weight is 409 g/mol. The minimum Gasteiger partial charge on any atom is -0.495 e. The first-order chi connectivity index (χ1) is 14.2. The highest BCUT2D eigenvalue weighted by Crippen LogP contribution is 2.27. The summed E-state index contributed by atoms with van der Waals surface area (Å²) in [5.41, 5.74) is 1.35. The highest BCUT2D eigenvalue weighted by molar-refractivity contribution is 7.16. The van der Waals surface area contributed by atoms with Crippen molar-refractivity contribution in [3.05, 3.63) is 52.8 Å². The van der Waals surface area contributed by atoms with Gasteiger partial charge in [0.25, 0.3) is 5.91 Å². The molecule has 0 aliphatic rings. The Hall–Kier alpha value is -3.04. The van der Waals surface area contributed by atoms with E-state index >= 15 is 0 Å². The zero-order valence-electron chi connectivity index (χ0n) is 16.7. The number of carbonyl (C=O) groups is 1. The Morgan fingerprint density at radius 1 is 1.21 bits per heavy atom. The zero-order chi connectivity index (χ0) is 20.6. The topological polar surface area (TPSA) is 52.8 Å². The van der Waals surface area contributed by atoms with Crippen molar-refractivity contribution in [3.8, 4) is 23.8 Å². The normalized spacial score (nSPS) is 11.4. The Labute approximate surface area is 174 Å². The molecule has 0 unspecified atom stereocenters. The van der Waals surface area contributed by atoms with Crippen molar-refractivity contribution in [3.63, 3.8) is 0 Å². The molecule has 3 aromatic rings. The molecule has 1 amide bonds. The van der Waals surface area contributed by atoms with Gasteiger partial charge < -0.3 is 14.0 Å². The van der Waals surface area contributed by atoms with E-state index < -0.39 is 0 Å². The first kappa shape index (κ1) is 20.7. The number of terminal acetylenes is 1. The number of rotatable bonds is 8. The van der Waals surface area contributed by atoms with E-state index in [1.807, 2.05) is 22.8 Å². The Balaban J connectivity index is 1.88. The number of nitrogens with zero attached hydrogens (tertiary/aromatic N) is 2. The number of carbonyl (C=O) groups excluding carboxylic acids is 1. The smallest absolute Gasteiger partial charge is 0.279 e. The molecule has 0 atom stereocenters. The van der Waals surface area contributed by atoms with Crippen LogP contribution < -0.4 is 14.3 Å². The maximum absolute atomic E-state index is 12.7. The van der Waals surface area contributed by atoms with Crippen LogP contribution in [0.25, 0.3) is 10.2 Å². The summed E-state index contributed by atoms with van der Waals surface area (Å²) < 4.78 is 13.9. The number of methoxy groups -OCH3 is 1. The number of unbranched alkanes of at least 4 members (excludes halogenated alkanes) is 2. The van der Waals surface area contributed by atoms with Crippen LogP contribution in [0.4, 0.5) is 0 Å². The van der Waals surface area contributed by atoms with Crippen LogP contribution in [0.1, 0.15) is 36.5 Å². The Morgan fingerprint density at radius 2 is 2.00 bits per heavy atom. The zero-order valence-corrected chi connectivity index (χ0v) is 17.5. The molecule has 150 valence electrons. The van der Waals surface area contributed by atoms with Crippen molar-refractivity contribution < 1.29 is 14.3 Å². The van der Waals surface area contributed by atoms with Gasteiger partial charge in [0.15, 0.2) is 4.80 Å². The average Bonchev–Trinajstić information content (AvgIpc) is 3.09. The molecule has 5 nitrogen and oxygen atoms in total. The molecule has 0 radical (unpaired) electrons. The lowest BCUT2D eigenvalue weighted by atomic mass is 10.2. The quantitative estimate of drug-likeness (QED) is 0.403. The van der Waals surface area contributed by atoms with E-state index in [1.54, 1.807) is 31.4 Å². The second-order valence-electron chi connectivity index (χ2n) is 6.48. The summed E-state index contributed by atoms with van der Waals surface area (Å²) in [6, 6.07) is 12.8. The first-order valence-electron chi connectivity index (χ1n) is 9.59. The first-order valence-corrected chi connectivity index (χ1v) is 10.4. The number of aromatic nitrogens is 1. The van der Waals surface area contributed by atoms with Gasteiger partial charge in [-0.3, -0.25) is 4.79 Å². The van der Waals surface area contributed by atoms with Gasteiger partial charge in [-0.15, -0.1) is 6.42 Å². The molecule has 0 aliphatic carbocycles. The molecule has 6 heteroatoms. The third-order valence-electron chi connectivity index (χ3n) is 4.45. The number of hydrogen-bond acceptors (Lipinski definition) is 4. The fraction of sp³-hybridized carbons (Fsp3) is 0.304. The van der Waals surface area contributed by atoms with Gasteiger partial charge in [-0.25, -0.2) is 0 Å². The molecular weight excluding hydrogens is 384 g/mol. The number of benzene rings is 2. The molecule has 0 saturated heterocycles. The predicted molar refractivity (Wildman–Crippen MR) is 117 cm³/mol. The molecule has 3 rings (SSSR count). The van der Waals surface area contributed by atoms with Gasteiger partial charge in [-0.2, -0.15) is 4.99 Å². The number of fused-ring (bicyclic) bond motifs is 1. The van der Waals surface area contributed by atoms with Crippen LogP contribution in [-0.2, 0) is 6.54 Å². The molecule has 1 heterocycles. The summed E-state index contributed by atoms with van der Waals surface area (Å²) in [5, 5.41) is 0. The van der Waals surface area contributed by atoms with Crippen molar-refractivity contribution in [2.75, 3.05) is 13.7 Å². The molecule has 2 aromatic carbocycles. The maximum atomic E-state index is 12.7. The van der Waals surface area contributed by atoms with Crippen LogP contribution in [0.3, 0.4) is 0 Å². The highest BCUT2D eigenvalue weighted by atomic mass is 32.1. The van der Waals surface area contributed by atoms with E-state index in [2.05, 4.69) is 17.8 Å². The largest absolute Gasteiger partial charge is 0.495 e. The number of thiazole rings is 1. The lowest BCUT2D eigenvalue weighted by Crippen LogP contribution is -2.16. The molecule has 0 saturated carbocycles. The van der Waals surface area contributed by atoms with Crippen LogP contribution in [0.5, 0.6) is 11.5 Å². The third-order valence-corrected chi connectivity index (χ3v) is 5.49. The molecule has 1 aromatic heterocycles. The summed E-state index contributed by atoms with van der Waals surface area (Å²) >= 11 is 1.41. The van der Waals surface area contributed by atoms with E-state index in [1.165, 1.54) is 11.3 Å². The highest BCUT2D eigenvalue weighted by Gasteiger charge is 2.12. The van der Waals surface area contributed by atoms with Crippen LogP contribution in [0.2, 0.25) is 0 Å². The predicted octanol–water partition coefficient (Wildman–Crippen LogP) is 4.65. The fourth-order valence-corrected chi connectivity index (χ4v) is 4.02. The van der Waals surface area contributed by atoms with E-state index in [4.69, 9.17) is 15.9 Å². The van der Waals surface area contributed by atoms with Gasteiger partial charge in [0, 0.05) is 5.56 Å². The van der Waals surface area contributed by atoms with Crippen molar-refractivity contribution in [2.24, 2.45) is 4.99 Å². The summed E-state index contributed by atoms with van der Waals surface area (Å²) in [4.78, 5) is 17.6. The molecule has 0 bridgehead atoms. The number of hydrogen-bond donors (Lipinski definition) is 0. The molecule has 0 N–H and O–H groups in total. The third kappa shape index (κ3) is 4.87. The number of para-hydroxylation sites is 1. The van der Waals surface area contributed by atoms with Crippen LogP contribution in [-0.4, -0.2) is 24.2 Å². The maximum Gasteiger partial charge on any atom is 0.279 e. The Morgan fingerprint density at radius 3 is 2.69 bits per heavy atom. The van der Waals surface area contributed by atoms with Gasteiger partial charge in [-0.1, -0.05) is 43.1 Å². The fourth-order valence-electron chi connectivity index (χ4n) is 2.97. The summed E-state index contributed by atoms with van der Waals surface area (Å²) in [6.07, 6.45) is 8.87. The molecule has 0 aliphatic heterocycles. The Bertz CT molecular complexity index is 1090. The molecule has 29 heavy (non-hydrogen) atoms. The number of ether oxygens (including phenoxy) is 2. The van der Waals surface area contributed by atoms with Gasteiger partial charge in [-0.05, 0) is 42.8 Å². The minimum atomic E-state index is -0.321. The van der Waals surface area contributed by atoms with Gasteiger partial charge in [0.2, 0.25) is 0 Å². The standard InChI is InChI=1S/C23H24N2O3S/c1-4-6-7-16-28-18-13-11-17(12-14-18)22(26)24-23-25(15-5-2)21-19(27-3)9-8-10-20(21)29-23/h2,8-14H,4,6-7,15-16H2,1,3H3. The van der Waals surface area contributed by atoms with Crippen LogP contribution in [0.15, 0.2) is 47.5 Å². The van der Waals surface area contributed by atoms with Crippen LogP contribution in [0, 0.1) is 12.3 Å². The summed E-state index contributed by atoms with van der Waals surface area (Å²) in [6.45, 7) is 3.14. The lowest BCUT2D eigenvalue weighted by Gasteiger charge is -2.06. The van der Waals surface area contributed by atoms with Gasteiger partial charge in [0.05, 0.1) is 25.0 Å². The van der Waals surface area contributed by atoms with Gasteiger partial charge in [0.1, 0.15) is 17.0 Å². The number of amides is 1. The minimum absolute atomic E-state index is 0.303. The van der Waals surface area contributed by atoms with E-state index in [0.29, 0.717) is 29.3 Å². The summed E-state index contributed by atoms with van der Waals surface area (Å²) in [5.74, 6) is 3.77. The molecular formula is C23H24N2O3S. The SMILES string of the molecule is C#CCn1c(=NC(=O)c2ccc(OCCCCC)cc2)sc2cccc(OC)c21. The monoisotopic (exact) mass is 408 g/mol. The van der Waals surface area contributed by atoms with Crippen molar-refractivity contribution in [2.45, 2.75) is 32.7 Å². The second-order valence-corrected chi connectivity index (χ2v) is 7.49. The van der Waals surface area contributed by atoms with Crippen molar-refractivity contribution in [1.82, 2.24) is 4.57 Å². The Kier molecular flexibility index (Phi) is 7.09. The van der Waals surface area contributed by atoms with E-state index in [-0.39, 0.29) is 5.91 Å². The molecule has 0 spiro atoms. The van der Waals surface area contributed by atoms with Crippen LogP contribution >= 0.6 is 11.3 Å². The molecule has 0 fully saturated rings. The second kappa shape index (κ2) is 9.94.